The van der Waals surface area contributed by atoms with E-state index >= 15 is 0 Å². The van der Waals surface area contributed by atoms with Crippen molar-refractivity contribution in [2.75, 3.05) is 6.61 Å². The lowest BCUT2D eigenvalue weighted by atomic mass is 9.90. The summed E-state index contributed by atoms with van der Waals surface area (Å²) in [5, 5.41) is 4.56. The quantitative estimate of drug-likeness (QED) is 0.170. The fraction of sp³-hybridized carbons (Fsp3) is 0.171. The standard InChI is InChI=1S/C41H34O5/c1-26-14-18-29(19-15-26)40(42)44-25-39-38(46-41(43)30-20-16-27(2)17-21-30)24-37(45-39)36-23-22-35(33-11-5-6-12-34(33)36)32-13-7-9-28-8-3-4-10-31(28)32/h3-23,37-39H,24-25H2,1-2H3/t37-,38+,39-/m1/s1. The van der Waals surface area contributed by atoms with E-state index in [1.165, 1.54) is 16.3 Å². The van der Waals surface area contributed by atoms with E-state index in [9.17, 15) is 9.59 Å². The molecule has 1 aliphatic rings. The highest BCUT2D eigenvalue weighted by molar-refractivity contribution is 6.06. The predicted octanol–water partition coefficient (Wildman–Crippen LogP) is 9.19. The van der Waals surface area contributed by atoms with Crippen molar-refractivity contribution in [2.24, 2.45) is 0 Å². The van der Waals surface area contributed by atoms with E-state index in [-0.39, 0.29) is 12.7 Å². The Hall–Kier alpha value is -5.26. The van der Waals surface area contributed by atoms with Crippen LogP contribution in [0.3, 0.4) is 0 Å². The van der Waals surface area contributed by atoms with Gasteiger partial charge in [0.2, 0.25) is 0 Å². The molecule has 0 spiro atoms. The highest BCUT2D eigenvalue weighted by Gasteiger charge is 2.40. The number of ether oxygens (including phenoxy) is 3. The molecule has 1 saturated heterocycles. The molecule has 0 bridgehead atoms. The van der Waals surface area contributed by atoms with Gasteiger partial charge in [-0.3, -0.25) is 0 Å². The Morgan fingerprint density at radius 2 is 1.22 bits per heavy atom. The summed E-state index contributed by atoms with van der Waals surface area (Å²) in [4.78, 5) is 26.1. The summed E-state index contributed by atoms with van der Waals surface area (Å²) in [5.74, 6) is -0.874. The minimum atomic E-state index is -0.634. The van der Waals surface area contributed by atoms with Crippen LogP contribution in [0.2, 0.25) is 0 Å². The SMILES string of the molecule is Cc1ccc(C(=O)OC[C@H]2O[C@@H](c3ccc(-c4cccc5ccccc45)c4ccccc34)C[C@@H]2OC(=O)c2ccc(C)cc2)cc1. The molecule has 0 saturated carbocycles. The van der Waals surface area contributed by atoms with Crippen molar-refractivity contribution in [2.45, 2.75) is 38.6 Å². The van der Waals surface area contributed by atoms with E-state index in [1.807, 2.05) is 44.2 Å². The van der Waals surface area contributed by atoms with Crippen LogP contribution in [0.1, 0.15) is 49.9 Å². The van der Waals surface area contributed by atoms with Crippen LogP contribution in [-0.2, 0) is 14.2 Å². The van der Waals surface area contributed by atoms with E-state index < -0.39 is 24.1 Å². The first kappa shape index (κ1) is 29.5. The van der Waals surface area contributed by atoms with Gasteiger partial charge in [-0.15, -0.1) is 0 Å². The van der Waals surface area contributed by atoms with Crippen LogP contribution < -0.4 is 0 Å². The maximum Gasteiger partial charge on any atom is 0.338 e. The summed E-state index contributed by atoms with van der Waals surface area (Å²) >= 11 is 0. The lowest BCUT2D eigenvalue weighted by molar-refractivity contribution is -0.0425. The van der Waals surface area contributed by atoms with Gasteiger partial charge in [0.1, 0.15) is 18.8 Å². The number of benzene rings is 6. The van der Waals surface area contributed by atoms with Gasteiger partial charge in [0, 0.05) is 6.42 Å². The second-order valence-electron chi connectivity index (χ2n) is 11.9. The molecule has 6 aromatic carbocycles. The summed E-state index contributed by atoms with van der Waals surface area (Å²) < 4.78 is 18.4. The molecule has 228 valence electrons. The molecule has 0 amide bonds. The molecule has 5 nitrogen and oxygen atoms in total. The third-order valence-corrected chi connectivity index (χ3v) is 8.80. The summed E-state index contributed by atoms with van der Waals surface area (Å²) in [6.07, 6.45) is -1.18. The van der Waals surface area contributed by atoms with Crippen LogP contribution in [0.25, 0.3) is 32.7 Å². The Morgan fingerprint density at radius 1 is 0.630 bits per heavy atom. The van der Waals surface area contributed by atoms with Crippen LogP contribution in [0, 0.1) is 13.8 Å². The first-order valence-corrected chi connectivity index (χ1v) is 15.6. The highest BCUT2D eigenvalue weighted by Crippen LogP contribution is 2.42. The zero-order valence-electron chi connectivity index (χ0n) is 25.8. The fourth-order valence-electron chi connectivity index (χ4n) is 6.31. The zero-order valence-corrected chi connectivity index (χ0v) is 25.8. The normalized spacial score (nSPS) is 17.7. The molecule has 0 aliphatic carbocycles. The molecule has 5 heteroatoms. The minimum Gasteiger partial charge on any atom is -0.459 e. The van der Waals surface area contributed by atoms with Crippen LogP contribution in [-0.4, -0.2) is 30.8 Å². The monoisotopic (exact) mass is 606 g/mol. The third kappa shape index (κ3) is 5.90. The molecule has 0 aromatic heterocycles. The predicted molar refractivity (Wildman–Crippen MR) is 181 cm³/mol. The van der Waals surface area contributed by atoms with Crippen molar-refractivity contribution < 1.29 is 23.8 Å². The Kier molecular flexibility index (Phi) is 8.08. The largest absolute Gasteiger partial charge is 0.459 e. The molecule has 6 aromatic rings. The first-order valence-electron chi connectivity index (χ1n) is 15.6. The number of hydrogen-bond acceptors (Lipinski definition) is 5. The van der Waals surface area contributed by atoms with Crippen molar-refractivity contribution in [3.8, 4) is 11.1 Å². The zero-order chi connectivity index (χ0) is 31.6. The topological polar surface area (TPSA) is 61.8 Å². The number of fused-ring (bicyclic) bond motifs is 2. The van der Waals surface area contributed by atoms with E-state index in [4.69, 9.17) is 14.2 Å². The number of esters is 2. The lowest BCUT2D eigenvalue weighted by Gasteiger charge is -2.19. The molecule has 0 radical (unpaired) electrons. The number of carbonyl (C=O) groups is 2. The Labute approximate surface area is 268 Å². The molecule has 0 N–H and O–H groups in total. The average Bonchev–Trinajstić information content (AvgIpc) is 3.49. The maximum atomic E-state index is 13.2. The Morgan fingerprint density at radius 3 is 1.93 bits per heavy atom. The van der Waals surface area contributed by atoms with Gasteiger partial charge in [0.05, 0.1) is 17.2 Å². The van der Waals surface area contributed by atoms with Gasteiger partial charge in [-0.05, 0) is 76.3 Å². The average molecular weight is 607 g/mol. The van der Waals surface area contributed by atoms with E-state index in [1.54, 1.807) is 24.3 Å². The Bertz CT molecular complexity index is 2040. The van der Waals surface area contributed by atoms with Crippen LogP contribution in [0.5, 0.6) is 0 Å². The van der Waals surface area contributed by atoms with Crippen LogP contribution >= 0.6 is 0 Å². The molecule has 7 rings (SSSR count). The molecule has 3 atom stereocenters. The van der Waals surface area contributed by atoms with E-state index in [0.29, 0.717) is 17.5 Å². The lowest BCUT2D eigenvalue weighted by Crippen LogP contribution is -2.32. The van der Waals surface area contributed by atoms with Crippen molar-refractivity contribution in [3.05, 3.63) is 155 Å². The van der Waals surface area contributed by atoms with Crippen molar-refractivity contribution in [1.82, 2.24) is 0 Å². The number of rotatable bonds is 7. The van der Waals surface area contributed by atoms with Crippen molar-refractivity contribution in [1.29, 1.82) is 0 Å². The van der Waals surface area contributed by atoms with E-state index in [0.717, 1.165) is 33.0 Å². The third-order valence-electron chi connectivity index (χ3n) is 8.80. The second kappa shape index (κ2) is 12.6. The van der Waals surface area contributed by atoms with Gasteiger partial charge in [0.25, 0.3) is 0 Å². The van der Waals surface area contributed by atoms with Crippen molar-refractivity contribution >= 4 is 33.5 Å². The van der Waals surface area contributed by atoms with Gasteiger partial charge < -0.3 is 14.2 Å². The number of aryl methyl sites for hydroxylation is 2. The van der Waals surface area contributed by atoms with Gasteiger partial charge in [-0.2, -0.15) is 0 Å². The summed E-state index contributed by atoms with van der Waals surface area (Å²) in [6.45, 7) is 3.90. The molecule has 0 unspecified atom stereocenters. The van der Waals surface area contributed by atoms with Crippen molar-refractivity contribution in [3.63, 3.8) is 0 Å². The van der Waals surface area contributed by atoms with Gasteiger partial charge >= 0.3 is 11.9 Å². The maximum absolute atomic E-state index is 13.2. The molecular weight excluding hydrogens is 572 g/mol. The molecule has 1 fully saturated rings. The molecule has 1 aliphatic heterocycles. The molecule has 46 heavy (non-hydrogen) atoms. The second-order valence-corrected chi connectivity index (χ2v) is 11.9. The number of hydrogen-bond donors (Lipinski definition) is 0. The Balaban J connectivity index is 1.20. The smallest absolute Gasteiger partial charge is 0.338 e. The fourth-order valence-corrected chi connectivity index (χ4v) is 6.31. The summed E-state index contributed by atoms with van der Waals surface area (Å²) in [5.41, 5.74) is 6.35. The summed E-state index contributed by atoms with van der Waals surface area (Å²) in [7, 11) is 0. The van der Waals surface area contributed by atoms with Crippen LogP contribution in [0.15, 0.2) is 127 Å². The van der Waals surface area contributed by atoms with Gasteiger partial charge in [0.15, 0.2) is 0 Å². The first-order chi connectivity index (χ1) is 22.4. The highest BCUT2D eigenvalue weighted by atomic mass is 16.6. The van der Waals surface area contributed by atoms with E-state index in [2.05, 4.69) is 72.8 Å². The summed E-state index contributed by atoms with van der Waals surface area (Å²) in [6, 6.07) is 41.9. The minimum absolute atomic E-state index is 0.0406. The number of carbonyl (C=O) groups excluding carboxylic acids is 2. The molecular formula is C41H34O5. The molecule has 1 heterocycles. The van der Waals surface area contributed by atoms with Gasteiger partial charge in [-0.1, -0.05) is 114 Å². The van der Waals surface area contributed by atoms with Gasteiger partial charge in [-0.25, -0.2) is 9.59 Å². The van der Waals surface area contributed by atoms with Crippen LogP contribution in [0.4, 0.5) is 0 Å².